The molecule has 218 valence electrons. The molecular formula is C37H41NO4. The van der Waals surface area contributed by atoms with Gasteiger partial charge in [0.05, 0.1) is 0 Å². The molecule has 1 unspecified atom stereocenters. The number of hydrogen-bond acceptors (Lipinski definition) is 3. The summed E-state index contributed by atoms with van der Waals surface area (Å²) in [7, 11) is 1.54. The molecule has 0 aliphatic heterocycles. The zero-order valence-electron chi connectivity index (χ0n) is 24.5. The van der Waals surface area contributed by atoms with Gasteiger partial charge in [0.1, 0.15) is 6.04 Å². The summed E-state index contributed by atoms with van der Waals surface area (Å²) in [5.41, 5.74) is 5.15. The van der Waals surface area contributed by atoms with Gasteiger partial charge in [0.15, 0.2) is 5.78 Å². The fourth-order valence-electron chi connectivity index (χ4n) is 5.66. The molecule has 5 nitrogen and oxygen atoms in total. The van der Waals surface area contributed by atoms with Crippen LogP contribution in [0.25, 0.3) is 0 Å². The van der Waals surface area contributed by atoms with E-state index in [1.165, 1.54) is 10.5 Å². The van der Waals surface area contributed by atoms with E-state index in [1.807, 2.05) is 54.6 Å². The Labute approximate surface area is 249 Å². The van der Waals surface area contributed by atoms with E-state index in [-0.39, 0.29) is 36.9 Å². The van der Waals surface area contributed by atoms with Crippen molar-refractivity contribution >= 4 is 17.7 Å². The van der Waals surface area contributed by atoms with E-state index in [0.29, 0.717) is 12.0 Å². The molecule has 3 aromatic rings. The van der Waals surface area contributed by atoms with Crippen molar-refractivity contribution in [2.45, 2.75) is 69.7 Å². The number of aryl methyl sites for hydroxylation is 1. The number of benzene rings is 3. The van der Waals surface area contributed by atoms with Crippen molar-refractivity contribution in [3.05, 3.63) is 131 Å². The molecule has 0 heterocycles. The van der Waals surface area contributed by atoms with E-state index in [9.17, 15) is 19.5 Å². The lowest BCUT2D eigenvalue weighted by Gasteiger charge is -2.27. The number of rotatable bonds is 15. The predicted molar refractivity (Wildman–Crippen MR) is 167 cm³/mol. The van der Waals surface area contributed by atoms with Crippen LogP contribution in [0.15, 0.2) is 114 Å². The average molecular weight is 564 g/mol. The number of carboxylic acids is 1. The van der Waals surface area contributed by atoms with E-state index in [0.717, 1.165) is 48.8 Å². The van der Waals surface area contributed by atoms with Crippen LogP contribution < -0.4 is 0 Å². The summed E-state index contributed by atoms with van der Waals surface area (Å²) in [5, 5.41) is 10.1. The Kier molecular flexibility index (Phi) is 11.5. The number of hydrogen-bond donors (Lipinski definition) is 1. The normalized spacial score (nSPS) is 13.8. The molecule has 1 atom stereocenters. The Balaban J connectivity index is 1.34. The number of carbonyl (C=O) groups excluding carboxylic acids is 2. The first kappa shape index (κ1) is 30.7. The fraction of sp³-hybridized carbons (Fsp3) is 0.324. The molecule has 0 radical (unpaired) electrons. The summed E-state index contributed by atoms with van der Waals surface area (Å²) in [5.74, 6) is -1.38. The molecule has 5 heteroatoms. The quantitative estimate of drug-likeness (QED) is 0.194. The number of amides is 1. The van der Waals surface area contributed by atoms with E-state index >= 15 is 0 Å². The van der Waals surface area contributed by atoms with Crippen LogP contribution in [-0.4, -0.2) is 40.8 Å². The Morgan fingerprint density at radius 2 is 1.38 bits per heavy atom. The summed E-state index contributed by atoms with van der Waals surface area (Å²) in [6.07, 6.45) is 10.0. The second kappa shape index (κ2) is 15.7. The number of carboxylic acid groups (broad SMARTS) is 1. The third-order valence-electron chi connectivity index (χ3n) is 8.15. The Bertz CT molecular complexity index is 1340. The summed E-state index contributed by atoms with van der Waals surface area (Å²) in [4.78, 5) is 39.7. The molecular weight excluding hydrogens is 522 g/mol. The number of aliphatic carboxylic acids is 1. The third kappa shape index (κ3) is 8.87. The van der Waals surface area contributed by atoms with Gasteiger partial charge in [-0.15, -0.1) is 0 Å². The highest BCUT2D eigenvalue weighted by atomic mass is 16.4. The van der Waals surface area contributed by atoms with Crippen LogP contribution in [0.2, 0.25) is 0 Å². The molecule has 1 amide bonds. The van der Waals surface area contributed by atoms with Crippen molar-refractivity contribution in [2.24, 2.45) is 0 Å². The Morgan fingerprint density at radius 3 is 1.98 bits per heavy atom. The highest BCUT2D eigenvalue weighted by molar-refractivity contribution is 5.99. The standard InChI is InChI=1S/C37H41NO4/c1-38(36(40)25-23-33(30-18-10-4-11-19-30)31-20-12-5-13-21-31)34(37(41)42)27-32-26-29(22-24-35(32)39)17-9-3-8-16-28-14-6-2-7-15-28/h2,4-7,10-15,18-22,26,33-34H,3,8-9,16-17,23-25,27H2,1H3,(H,41,42). The van der Waals surface area contributed by atoms with Crippen molar-refractivity contribution in [2.75, 3.05) is 7.05 Å². The van der Waals surface area contributed by atoms with Crippen molar-refractivity contribution in [1.29, 1.82) is 0 Å². The third-order valence-corrected chi connectivity index (χ3v) is 8.15. The zero-order chi connectivity index (χ0) is 29.7. The topological polar surface area (TPSA) is 74.7 Å². The number of Topliss-reactive ketones (excluding diaryl/α,β-unsaturated/α-hetero) is 1. The van der Waals surface area contributed by atoms with E-state index in [1.54, 1.807) is 7.05 Å². The highest BCUT2D eigenvalue weighted by Crippen LogP contribution is 2.30. The van der Waals surface area contributed by atoms with Crippen LogP contribution in [0.4, 0.5) is 0 Å². The summed E-state index contributed by atoms with van der Waals surface area (Å²) in [6.45, 7) is 0. The van der Waals surface area contributed by atoms with Gasteiger partial charge in [-0.25, -0.2) is 4.79 Å². The van der Waals surface area contributed by atoms with Crippen molar-refractivity contribution in [1.82, 2.24) is 4.90 Å². The molecule has 1 aliphatic rings. The minimum atomic E-state index is -1.10. The largest absolute Gasteiger partial charge is 0.480 e. The van der Waals surface area contributed by atoms with Crippen molar-refractivity contribution < 1.29 is 19.5 Å². The fourth-order valence-corrected chi connectivity index (χ4v) is 5.66. The number of allylic oxidation sites excluding steroid dienone is 3. The number of unbranched alkanes of at least 4 members (excludes halogenated alkanes) is 2. The Hall–Kier alpha value is -4.25. The van der Waals surface area contributed by atoms with E-state index in [2.05, 4.69) is 48.5 Å². The molecule has 0 aromatic heterocycles. The van der Waals surface area contributed by atoms with Gasteiger partial charge in [-0.2, -0.15) is 0 Å². The monoisotopic (exact) mass is 563 g/mol. The van der Waals surface area contributed by atoms with Crippen LogP contribution in [0.3, 0.4) is 0 Å². The maximum absolute atomic E-state index is 13.3. The molecule has 0 saturated heterocycles. The molecule has 0 spiro atoms. The molecule has 42 heavy (non-hydrogen) atoms. The summed E-state index contributed by atoms with van der Waals surface area (Å²) >= 11 is 0. The molecule has 0 saturated carbocycles. The van der Waals surface area contributed by atoms with Crippen LogP contribution >= 0.6 is 0 Å². The molecule has 0 fully saturated rings. The van der Waals surface area contributed by atoms with Crippen molar-refractivity contribution in [3.63, 3.8) is 0 Å². The van der Waals surface area contributed by atoms with Crippen LogP contribution in [0.1, 0.15) is 74.0 Å². The summed E-state index contributed by atoms with van der Waals surface area (Å²) < 4.78 is 0. The average Bonchev–Trinajstić information content (AvgIpc) is 3.02. The van der Waals surface area contributed by atoms with Gasteiger partial charge in [-0.1, -0.05) is 115 Å². The van der Waals surface area contributed by atoms with Crippen LogP contribution in [-0.2, 0) is 20.8 Å². The zero-order valence-corrected chi connectivity index (χ0v) is 24.5. The molecule has 1 aliphatic carbocycles. The number of ketones is 1. The van der Waals surface area contributed by atoms with Crippen LogP contribution in [0.5, 0.6) is 0 Å². The number of carbonyl (C=O) groups is 3. The minimum Gasteiger partial charge on any atom is -0.480 e. The van der Waals surface area contributed by atoms with Gasteiger partial charge in [0.25, 0.3) is 0 Å². The van der Waals surface area contributed by atoms with E-state index in [4.69, 9.17) is 0 Å². The number of nitrogens with zero attached hydrogens (tertiary/aromatic N) is 1. The van der Waals surface area contributed by atoms with Gasteiger partial charge >= 0.3 is 5.97 Å². The first-order chi connectivity index (χ1) is 20.4. The minimum absolute atomic E-state index is 0.0164. The molecule has 4 rings (SSSR count). The summed E-state index contributed by atoms with van der Waals surface area (Å²) in [6, 6.07) is 29.5. The first-order valence-electron chi connectivity index (χ1n) is 15.0. The smallest absolute Gasteiger partial charge is 0.326 e. The van der Waals surface area contributed by atoms with E-state index < -0.39 is 12.0 Å². The maximum atomic E-state index is 13.3. The van der Waals surface area contributed by atoms with Gasteiger partial charge in [-0.05, 0) is 54.4 Å². The van der Waals surface area contributed by atoms with Gasteiger partial charge in [-0.3, -0.25) is 9.59 Å². The lowest BCUT2D eigenvalue weighted by Crippen LogP contribution is -2.43. The highest BCUT2D eigenvalue weighted by Gasteiger charge is 2.30. The predicted octanol–water partition coefficient (Wildman–Crippen LogP) is 7.53. The van der Waals surface area contributed by atoms with Gasteiger partial charge in [0.2, 0.25) is 5.91 Å². The second-order valence-corrected chi connectivity index (χ2v) is 11.1. The Morgan fingerprint density at radius 1 is 0.810 bits per heavy atom. The molecule has 0 bridgehead atoms. The second-order valence-electron chi connectivity index (χ2n) is 11.1. The molecule has 1 N–H and O–H groups in total. The first-order valence-corrected chi connectivity index (χ1v) is 15.0. The lowest BCUT2D eigenvalue weighted by atomic mass is 9.87. The maximum Gasteiger partial charge on any atom is 0.326 e. The van der Waals surface area contributed by atoms with Gasteiger partial charge in [0, 0.05) is 32.2 Å². The van der Waals surface area contributed by atoms with Gasteiger partial charge < -0.3 is 10.0 Å². The molecule has 3 aromatic carbocycles. The van der Waals surface area contributed by atoms with Crippen LogP contribution in [0, 0.1) is 0 Å². The lowest BCUT2D eigenvalue weighted by molar-refractivity contribution is -0.149. The number of likely N-dealkylation sites (N-methyl/N-ethyl adjacent to an activating group) is 1. The SMILES string of the molecule is CN(C(=O)CCC(c1ccccc1)c1ccccc1)C(CC1=CC(CCCCCc2ccccc2)=CCC1=O)C(=O)O. The van der Waals surface area contributed by atoms with Crippen molar-refractivity contribution in [3.8, 4) is 0 Å².